The molecule has 2 nitrogen and oxygen atoms in total. The van der Waals surface area contributed by atoms with Crippen LogP contribution in [0.3, 0.4) is 0 Å². The Morgan fingerprint density at radius 3 is 2.38 bits per heavy atom. The van der Waals surface area contributed by atoms with Gasteiger partial charge in [-0.05, 0) is 31.0 Å². The minimum absolute atomic E-state index is 0.0959. The van der Waals surface area contributed by atoms with Crippen LogP contribution < -0.4 is 10.5 Å². The largest absolute Gasteiger partial charge is 0.494 e. The van der Waals surface area contributed by atoms with Crippen molar-refractivity contribution in [2.75, 3.05) is 6.61 Å². The van der Waals surface area contributed by atoms with Gasteiger partial charge >= 0.3 is 0 Å². The molecular formula is C14H23NO. The first-order valence-electron chi connectivity index (χ1n) is 6.22. The van der Waals surface area contributed by atoms with E-state index in [9.17, 15) is 0 Å². The second-order valence-corrected chi connectivity index (χ2v) is 4.27. The molecule has 0 aliphatic carbocycles. The van der Waals surface area contributed by atoms with E-state index in [0.717, 1.165) is 24.3 Å². The van der Waals surface area contributed by atoms with Crippen molar-refractivity contribution in [1.29, 1.82) is 0 Å². The lowest BCUT2D eigenvalue weighted by Gasteiger charge is -2.08. The Bertz CT molecular complexity index is 279. The summed E-state index contributed by atoms with van der Waals surface area (Å²) in [7, 11) is 0. The van der Waals surface area contributed by atoms with Crippen LogP contribution in [0.4, 0.5) is 0 Å². The molecule has 0 fully saturated rings. The SMILES string of the molecule is CCCCCCOc1ccc(C(C)N)cc1. The highest BCUT2D eigenvalue weighted by atomic mass is 16.5. The third-order valence-corrected chi connectivity index (χ3v) is 2.67. The Kier molecular flexibility index (Phi) is 5.94. The molecule has 1 atom stereocenters. The van der Waals surface area contributed by atoms with Gasteiger partial charge in [-0.15, -0.1) is 0 Å². The summed E-state index contributed by atoms with van der Waals surface area (Å²) in [5.41, 5.74) is 6.93. The molecule has 1 rings (SSSR count). The molecule has 2 N–H and O–H groups in total. The van der Waals surface area contributed by atoms with Crippen LogP contribution in [0.15, 0.2) is 24.3 Å². The second kappa shape index (κ2) is 7.29. The normalized spacial score (nSPS) is 12.4. The van der Waals surface area contributed by atoms with Gasteiger partial charge in [0.15, 0.2) is 0 Å². The lowest BCUT2D eigenvalue weighted by Crippen LogP contribution is -2.04. The van der Waals surface area contributed by atoms with Crippen molar-refractivity contribution in [3.8, 4) is 5.75 Å². The molecule has 0 radical (unpaired) electrons. The maximum absolute atomic E-state index is 5.78. The van der Waals surface area contributed by atoms with E-state index in [1.54, 1.807) is 0 Å². The van der Waals surface area contributed by atoms with Crippen molar-refractivity contribution >= 4 is 0 Å². The fourth-order valence-corrected chi connectivity index (χ4v) is 1.59. The van der Waals surface area contributed by atoms with Crippen LogP contribution in [0, 0.1) is 0 Å². The van der Waals surface area contributed by atoms with Gasteiger partial charge in [0.2, 0.25) is 0 Å². The standard InChI is InChI=1S/C14H23NO/c1-3-4-5-6-11-16-14-9-7-13(8-10-14)12(2)15/h7-10,12H,3-6,11,15H2,1-2H3. The molecular weight excluding hydrogens is 198 g/mol. The summed E-state index contributed by atoms with van der Waals surface area (Å²) < 4.78 is 5.65. The van der Waals surface area contributed by atoms with Crippen molar-refractivity contribution < 1.29 is 4.74 Å². The first-order valence-corrected chi connectivity index (χ1v) is 6.22. The molecule has 1 unspecified atom stereocenters. The van der Waals surface area contributed by atoms with E-state index in [2.05, 4.69) is 6.92 Å². The summed E-state index contributed by atoms with van der Waals surface area (Å²) >= 11 is 0. The summed E-state index contributed by atoms with van der Waals surface area (Å²) in [6, 6.07) is 8.16. The lowest BCUT2D eigenvalue weighted by atomic mass is 10.1. The second-order valence-electron chi connectivity index (χ2n) is 4.27. The molecule has 0 amide bonds. The molecule has 0 aromatic heterocycles. The van der Waals surface area contributed by atoms with Crippen LogP contribution in [0.2, 0.25) is 0 Å². The minimum atomic E-state index is 0.0959. The average Bonchev–Trinajstić information content (AvgIpc) is 2.29. The average molecular weight is 221 g/mol. The van der Waals surface area contributed by atoms with E-state index >= 15 is 0 Å². The molecule has 1 aromatic carbocycles. The predicted molar refractivity (Wildman–Crippen MR) is 68.7 cm³/mol. The molecule has 0 spiro atoms. The molecule has 2 heteroatoms. The number of benzene rings is 1. The van der Waals surface area contributed by atoms with E-state index < -0.39 is 0 Å². The number of rotatable bonds is 7. The smallest absolute Gasteiger partial charge is 0.119 e. The summed E-state index contributed by atoms with van der Waals surface area (Å²) in [5.74, 6) is 0.945. The topological polar surface area (TPSA) is 35.2 Å². The Hall–Kier alpha value is -1.02. The molecule has 0 heterocycles. The van der Waals surface area contributed by atoms with Gasteiger partial charge < -0.3 is 10.5 Å². The first-order chi connectivity index (χ1) is 7.74. The molecule has 0 saturated carbocycles. The van der Waals surface area contributed by atoms with Gasteiger partial charge in [-0.25, -0.2) is 0 Å². The summed E-state index contributed by atoms with van der Waals surface area (Å²) in [5, 5.41) is 0. The number of hydrogen-bond acceptors (Lipinski definition) is 2. The molecule has 0 saturated heterocycles. The Labute approximate surface area is 98.8 Å². The fourth-order valence-electron chi connectivity index (χ4n) is 1.59. The minimum Gasteiger partial charge on any atom is -0.494 e. The number of unbranched alkanes of at least 4 members (excludes halogenated alkanes) is 3. The number of hydrogen-bond donors (Lipinski definition) is 1. The summed E-state index contributed by atoms with van der Waals surface area (Å²) in [6.45, 7) is 5.02. The maximum atomic E-state index is 5.78. The third-order valence-electron chi connectivity index (χ3n) is 2.67. The van der Waals surface area contributed by atoms with Gasteiger partial charge in [-0.2, -0.15) is 0 Å². The molecule has 0 bridgehead atoms. The Balaban J connectivity index is 2.27. The van der Waals surface area contributed by atoms with Crippen LogP contribution in [0.1, 0.15) is 51.1 Å². The summed E-state index contributed by atoms with van der Waals surface area (Å²) in [4.78, 5) is 0. The zero-order valence-electron chi connectivity index (χ0n) is 10.4. The van der Waals surface area contributed by atoms with Crippen LogP contribution >= 0.6 is 0 Å². The van der Waals surface area contributed by atoms with Crippen LogP contribution in [0.25, 0.3) is 0 Å². The first kappa shape index (κ1) is 13.0. The van der Waals surface area contributed by atoms with Gasteiger partial charge in [0.05, 0.1) is 6.61 Å². The van der Waals surface area contributed by atoms with Gasteiger partial charge in [-0.1, -0.05) is 38.3 Å². The van der Waals surface area contributed by atoms with Gasteiger partial charge in [0.25, 0.3) is 0 Å². The molecule has 90 valence electrons. The number of nitrogens with two attached hydrogens (primary N) is 1. The molecule has 0 aliphatic heterocycles. The van der Waals surface area contributed by atoms with Crippen LogP contribution in [-0.4, -0.2) is 6.61 Å². The third kappa shape index (κ3) is 4.67. The van der Waals surface area contributed by atoms with E-state index in [1.165, 1.54) is 19.3 Å². The quantitative estimate of drug-likeness (QED) is 0.713. The van der Waals surface area contributed by atoms with Crippen LogP contribution in [-0.2, 0) is 0 Å². The molecule has 16 heavy (non-hydrogen) atoms. The molecule has 1 aromatic rings. The fraction of sp³-hybridized carbons (Fsp3) is 0.571. The van der Waals surface area contributed by atoms with Gasteiger partial charge in [0, 0.05) is 6.04 Å². The Morgan fingerprint density at radius 2 is 1.81 bits per heavy atom. The van der Waals surface area contributed by atoms with Gasteiger partial charge in [-0.3, -0.25) is 0 Å². The van der Waals surface area contributed by atoms with Crippen molar-refractivity contribution in [1.82, 2.24) is 0 Å². The summed E-state index contributed by atoms with van der Waals surface area (Å²) in [6.07, 6.45) is 4.97. The highest BCUT2D eigenvalue weighted by Crippen LogP contribution is 2.16. The van der Waals surface area contributed by atoms with E-state index in [1.807, 2.05) is 31.2 Å². The van der Waals surface area contributed by atoms with Crippen LogP contribution in [0.5, 0.6) is 5.75 Å². The predicted octanol–water partition coefficient (Wildman–Crippen LogP) is 3.67. The number of ether oxygens (including phenoxy) is 1. The highest BCUT2D eigenvalue weighted by Gasteiger charge is 1.99. The molecule has 0 aliphatic rings. The monoisotopic (exact) mass is 221 g/mol. The zero-order chi connectivity index (χ0) is 11.8. The van der Waals surface area contributed by atoms with Crippen molar-refractivity contribution in [3.63, 3.8) is 0 Å². The van der Waals surface area contributed by atoms with Crippen molar-refractivity contribution in [2.24, 2.45) is 5.73 Å². The Morgan fingerprint density at radius 1 is 1.12 bits per heavy atom. The zero-order valence-corrected chi connectivity index (χ0v) is 10.4. The van der Waals surface area contributed by atoms with Crippen molar-refractivity contribution in [3.05, 3.63) is 29.8 Å². The van der Waals surface area contributed by atoms with Crippen molar-refractivity contribution in [2.45, 2.75) is 45.6 Å². The van der Waals surface area contributed by atoms with E-state index in [4.69, 9.17) is 10.5 Å². The maximum Gasteiger partial charge on any atom is 0.119 e. The van der Waals surface area contributed by atoms with Gasteiger partial charge in [0.1, 0.15) is 5.75 Å². The lowest BCUT2D eigenvalue weighted by molar-refractivity contribution is 0.305. The van der Waals surface area contributed by atoms with E-state index in [-0.39, 0.29) is 6.04 Å². The van der Waals surface area contributed by atoms with E-state index in [0.29, 0.717) is 0 Å². The highest BCUT2D eigenvalue weighted by molar-refractivity contribution is 5.28.